The van der Waals surface area contributed by atoms with Crippen LogP contribution in [0.1, 0.15) is 18.2 Å². The molecule has 0 aliphatic heterocycles. The molecule has 0 unspecified atom stereocenters. The number of aromatic nitrogens is 3. The van der Waals surface area contributed by atoms with E-state index in [0.717, 1.165) is 26.9 Å². The summed E-state index contributed by atoms with van der Waals surface area (Å²) in [4.78, 5) is 35.7. The number of carbonyl (C=O) groups is 2. The van der Waals surface area contributed by atoms with Crippen LogP contribution < -0.4 is 15.4 Å². The molecule has 1 aromatic carbocycles. The molecule has 11 nitrogen and oxygen atoms in total. The van der Waals surface area contributed by atoms with Crippen LogP contribution in [0.15, 0.2) is 65.4 Å². The monoisotopic (exact) mass is 590 g/mol. The molecule has 4 aromatic heterocycles. The topological polar surface area (TPSA) is 132 Å². The molecule has 216 valence electrons. The summed E-state index contributed by atoms with van der Waals surface area (Å²) in [6.45, 7) is 4.61. The molecular formula is C29H27FN6O5S. The summed E-state index contributed by atoms with van der Waals surface area (Å²) < 4.78 is 31.6. The molecule has 2 N–H and O–H groups in total. The largest absolute Gasteiger partial charge is 0.453 e. The normalized spacial score (nSPS) is 11.0. The molecule has 13 heteroatoms. The Hall–Kier alpha value is -4.88. The predicted molar refractivity (Wildman–Crippen MR) is 156 cm³/mol. The molecule has 0 saturated carbocycles. The molecule has 42 heavy (non-hydrogen) atoms. The summed E-state index contributed by atoms with van der Waals surface area (Å²) in [6, 6.07) is 12.5. The average molecular weight is 591 g/mol. The fraction of sp³-hybridized carbons (Fsp3) is 0.207. The highest BCUT2D eigenvalue weighted by Gasteiger charge is 2.15. The number of nitrogens with one attached hydrogen (secondary N) is 2. The molecule has 4 heterocycles. The Kier molecular flexibility index (Phi) is 8.69. The van der Waals surface area contributed by atoms with Gasteiger partial charge in [0.2, 0.25) is 5.91 Å². The molecule has 0 radical (unpaired) electrons. The van der Waals surface area contributed by atoms with Crippen molar-refractivity contribution < 1.29 is 28.0 Å². The van der Waals surface area contributed by atoms with Crippen molar-refractivity contribution in [3.8, 4) is 22.1 Å². The third kappa shape index (κ3) is 6.87. The number of carbonyl (C=O) groups excluding carboxylic acids is 2. The number of pyridine rings is 2. The minimum absolute atomic E-state index is 0.0125. The fourth-order valence-electron chi connectivity index (χ4n) is 4.04. The lowest BCUT2D eigenvalue weighted by Crippen LogP contribution is -2.31. The van der Waals surface area contributed by atoms with Crippen molar-refractivity contribution in [3.63, 3.8) is 0 Å². The minimum Gasteiger partial charge on any atom is -0.453 e. The maximum absolute atomic E-state index is 15.0. The van der Waals surface area contributed by atoms with Gasteiger partial charge in [-0.1, -0.05) is 11.2 Å². The summed E-state index contributed by atoms with van der Waals surface area (Å²) in [5.74, 6) is 0.510. The molecule has 0 bridgehead atoms. The van der Waals surface area contributed by atoms with Gasteiger partial charge in [-0.25, -0.2) is 9.18 Å². The van der Waals surface area contributed by atoms with Crippen LogP contribution in [-0.4, -0.2) is 52.2 Å². The van der Waals surface area contributed by atoms with Crippen LogP contribution in [0, 0.1) is 12.7 Å². The Morgan fingerprint density at radius 2 is 1.93 bits per heavy atom. The van der Waals surface area contributed by atoms with Crippen molar-refractivity contribution in [2.24, 2.45) is 0 Å². The number of methoxy groups -OCH3 is 1. The maximum atomic E-state index is 15.0. The maximum Gasteiger partial charge on any atom is 0.324 e. The van der Waals surface area contributed by atoms with Gasteiger partial charge in [-0.15, -0.1) is 11.3 Å². The number of amides is 3. The zero-order chi connectivity index (χ0) is 29.6. The molecule has 0 aliphatic rings. The number of thiophene rings is 1. The summed E-state index contributed by atoms with van der Waals surface area (Å²) in [6.07, 6.45) is 3.33. The highest BCUT2D eigenvalue weighted by molar-refractivity contribution is 7.22. The first-order valence-electron chi connectivity index (χ1n) is 12.9. The summed E-state index contributed by atoms with van der Waals surface area (Å²) in [5, 5.41) is 8.73. The molecule has 0 aliphatic carbocycles. The zero-order valence-electron chi connectivity index (χ0n) is 23.0. The van der Waals surface area contributed by atoms with Gasteiger partial charge in [-0.3, -0.25) is 20.1 Å². The van der Waals surface area contributed by atoms with Crippen LogP contribution in [0.2, 0.25) is 0 Å². The fourth-order valence-corrected chi connectivity index (χ4v) is 5.08. The predicted octanol–water partition coefficient (Wildman–Crippen LogP) is 6.23. The first-order chi connectivity index (χ1) is 20.3. The Labute approximate surface area is 244 Å². The Bertz CT molecular complexity index is 1720. The SMILES string of the molecule is COCCN(Cc1ccc(-c2cc3nccc(Oc4ccc(NC(=O)Nc5cc(C)on5)cc4F)c3s2)nc1)C(C)=O. The van der Waals surface area contributed by atoms with E-state index < -0.39 is 11.8 Å². The highest BCUT2D eigenvalue weighted by Crippen LogP contribution is 2.39. The number of nitrogens with zero attached hydrogens (tertiary/aromatic N) is 4. The van der Waals surface area contributed by atoms with E-state index in [-0.39, 0.29) is 23.2 Å². The van der Waals surface area contributed by atoms with Gasteiger partial charge in [-0.05, 0) is 36.8 Å². The molecule has 0 fully saturated rings. The van der Waals surface area contributed by atoms with E-state index in [4.69, 9.17) is 14.0 Å². The summed E-state index contributed by atoms with van der Waals surface area (Å²) in [5.41, 5.74) is 2.54. The number of hydrogen-bond donors (Lipinski definition) is 2. The number of urea groups is 1. The van der Waals surface area contributed by atoms with Crippen LogP contribution >= 0.6 is 11.3 Å². The first-order valence-corrected chi connectivity index (χ1v) is 13.7. The quantitative estimate of drug-likeness (QED) is 0.196. The van der Waals surface area contributed by atoms with Crippen LogP contribution in [0.25, 0.3) is 20.8 Å². The molecule has 0 saturated heterocycles. The summed E-state index contributed by atoms with van der Waals surface area (Å²) in [7, 11) is 1.60. The lowest BCUT2D eigenvalue weighted by atomic mass is 10.2. The molecular weight excluding hydrogens is 563 g/mol. The molecule has 0 atom stereocenters. The van der Waals surface area contributed by atoms with E-state index in [1.54, 1.807) is 43.5 Å². The summed E-state index contributed by atoms with van der Waals surface area (Å²) >= 11 is 1.42. The van der Waals surface area contributed by atoms with Gasteiger partial charge < -0.3 is 24.2 Å². The van der Waals surface area contributed by atoms with Crippen LogP contribution in [-0.2, 0) is 16.1 Å². The smallest absolute Gasteiger partial charge is 0.324 e. The lowest BCUT2D eigenvalue weighted by Gasteiger charge is -2.20. The first kappa shape index (κ1) is 28.6. The number of anilines is 2. The van der Waals surface area contributed by atoms with Gasteiger partial charge in [0.1, 0.15) is 11.5 Å². The highest BCUT2D eigenvalue weighted by atomic mass is 32.1. The van der Waals surface area contributed by atoms with Crippen molar-refractivity contribution in [2.45, 2.75) is 20.4 Å². The van der Waals surface area contributed by atoms with Gasteiger partial charge in [0.15, 0.2) is 17.4 Å². The Balaban J connectivity index is 1.28. The molecule has 0 spiro atoms. The third-order valence-corrected chi connectivity index (χ3v) is 7.28. The second-order valence-electron chi connectivity index (χ2n) is 9.27. The van der Waals surface area contributed by atoms with Gasteiger partial charge >= 0.3 is 6.03 Å². The Morgan fingerprint density at radius 1 is 1.07 bits per heavy atom. The minimum atomic E-state index is -0.658. The number of aryl methyl sites for hydroxylation is 1. The second kappa shape index (κ2) is 12.7. The van der Waals surface area contributed by atoms with Crippen molar-refractivity contribution in [1.82, 2.24) is 20.0 Å². The van der Waals surface area contributed by atoms with Gasteiger partial charge in [-0.2, -0.15) is 0 Å². The zero-order valence-corrected chi connectivity index (χ0v) is 23.8. The van der Waals surface area contributed by atoms with Crippen LogP contribution in [0.3, 0.4) is 0 Å². The van der Waals surface area contributed by atoms with Crippen LogP contribution in [0.4, 0.5) is 20.7 Å². The number of ether oxygens (including phenoxy) is 2. The van der Waals surface area contributed by atoms with Crippen molar-refractivity contribution >= 4 is 45.0 Å². The molecule has 5 aromatic rings. The van der Waals surface area contributed by atoms with Gasteiger partial charge in [0, 0.05) is 63.4 Å². The van der Waals surface area contributed by atoms with Gasteiger partial charge in [0.25, 0.3) is 0 Å². The van der Waals surface area contributed by atoms with Crippen LogP contribution in [0.5, 0.6) is 11.5 Å². The van der Waals surface area contributed by atoms with E-state index in [2.05, 4.69) is 25.8 Å². The molecule has 5 rings (SSSR count). The lowest BCUT2D eigenvalue weighted by molar-refractivity contribution is -0.130. The Morgan fingerprint density at radius 3 is 2.62 bits per heavy atom. The number of fused-ring (bicyclic) bond motifs is 1. The van der Waals surface area contributed by atoms with E-state index >= 15 is 0 Å². The number of benzene rings is 1. The standard InChI is InChI=1S/C29H27FN6O5S/c1-17-12-27(35-41-17)34-29(38)33-20-5-7-24(21(30)13-20)40-25-8-9-31-23-14-26(42-28(23)25)22-6-4-19(15-32-22)16-36(18(2)37)10-11-39-3/h4-9,12-15H,10-11,16H2,1-3H3,(H2,33,34,35,38). The van der Waals surface area contributed by atoms with Crippen molar-refractivity contribution in [3.05, 3.63) is 78.1 Å². The second-order valence-corrected chi connectivity index (χ2v) is 10.3. The molecule has 3 amide bonds. The number of halogens is 1. The van der Waals surface area contributed by atoms with E-state index in [1.807, 2.05) is 18.2 Å². The van der Waals surface area contributed by atoms with Crippen molar-refractivity contribution in [1.29, 1.82) is 0 Å². The third-order valence-electron chi connectivity index (χ3n) is 6.12. The van der Waals surface area contributed by atoms with E-state index in [9.17, 15) is 14.0 Å². The number of rotatable bonds is 10. The number of hydrogen-bond acceptors (Lipinski definition) is 9. The van der Waals surface area contributed by atoms with E-state index in [0.29, 0.717) is 36.7 Å². The van der Waals surface area contributed by atoms with Crippen molar-refractivity contribution in [2.75, 3.05) is 30.9 Å². The van der Waals surface area contributed by atoms with E-state index in [1.165, 1.54) is 30.4 Å². The van der Waals surface area contributed by atoms with Gasteiger partial charge in [0.05, 0.1) is 27.4 Å². The average Bonchev–Trinajstić information content (AvgIpc) is 3.59.